The molecular weight excluding hydrogens is 208 g/mol. The van der Waals surface area contributed by atoms with Crippen molar-refractivity contribution in [1.29, 1.82) is 0 Å². The predicted molar refractivity (Wildman–Crippen MR) is 64.5 cm³/mol. The lowest BCUT2D eigenvalue weighted by molar-refractivity contribution is 0.206. The van der Waals surface area contributed by atoms with Gasteiger partial charge in [0.1, 0.15) is 6.61 Å². The Balaban J connectivity index is 2.49. The highest BCUT2D eigenvalue weighted by atomic mass is 32.1. The highest BCUT2D eigenvalue weighted by Gasteiger charge is 2.21. The van der Waals surface area contributed by atoms with Crippen molar-refractivity contribution in [3.8, 4) is 5.19 Å². The number of nitrogens with zero attached hydrogens (tertiary/aromatic N) is 1. The molecule has 0 atom stereocenters. The number of rotatable bonds is 6. The largest absolute Gasteiger partial charge is 0.468 e. The first-order valence-corrected chi connectivity index (χ1v) is 6.37. The summed E-state index contributed by atoms with van der Waals surface area (Å²) in [5.41, 5.74) is 7.01. The van der Waals surface area contributed by atoms with Crippen molar-refractivity contribution >= 4 is 11.3 Å². The van der Waals surface area contributed by atoms with Crippen molar-refractivity contribution in [2.75, 3.05) is 6.61 Å². The van der Waals surface area contributed by atoms with Crippen LogP contribution in [0.15, 0.2) is 5.38 Å². The van der Waals surface area contributed by atoms with Crippen LogP contribution in [-0.4, -0.2) is 17.1 Å². The molecule has 0 aliphatic rings. The average Bonchev–Trinajstić information content (AvgIpc) is 2.74. The molecule has 1 heterocycles. The van der Waals surface area contributed by atoms with Crippen LogP contribution in [0.5, 0.6) is 5.19 Å². The van der Waals surface area contributed by atoms with Crippen molar-refractivity contribution in [1.82, 2.24) is 4.98 Å². The molecule has 1 aromatic rings. The molecule has 1 rings (SSSR count). The maximum absolute atomic E-state index is 6.14. The van der Waals surface area contributed by atoms with Gasteiger partial charge in [-0.05, 0) is 19.3 Å². The third kappa shape index (κ3) is 3.47. The number of thiazole rings is 1. The van der Waals surface area contributed by atoms with E-state index in [0.29, 0.717) is 6.61 Å². The van der Waals surface area contributed by atoms with E-state index in [-0.39, 0.29) is 5.54 Å². The van der Waals surface area contributed by atoms with Crippen LogP contribution >= 0.6 is 11.3 Å². The number of aromatic nitrogens is 1. The Bertz CT molecular complexity index is 295. The van der Waals surface area contributed by atoms with Crippen LogP contribution in [0.25, 0.3) is 0 Å². The Kier molecular flexibility index (Phi) is 4.54. The number of hydrogen-bond donors (Lipinski definition) is 1. The quantitative estimate of drug-likeness (QED) is 0.814. The van der Waals surface area contributed by atoms with Crippen molar-refractivity contribution in [3.05, 3.63) is 11.1 Å². The molecule has 0 bridgehead atoms. The molecule has 2 N–H and O–H groups in total. The van der Waals surface area contributed by atoms with E-state index in [9.17, 15) is 0 Å². The minimum atomic E-state index is -0.210. The molecule has 4 heteroatoms. The normalized spacial score (nSPS) is 11.7. The summed E-state index contributed by atoms with van der Waals surface area (Å²) in [5, 5.41) is 2.77. The SMILES string of the molecule is CCc1csc(OCC(N)(CC)CC)n1. The fraction of sp³-hybridized carbons (Fsp3) is 0.727. The number of aryl methyl sites for hydroxylation is 1. The van der Waals surface area contributed by atoms with Gasteiger partial charge in [-0.25, -0.2) is 4.98 Å². The number of hydrogen-bond acceptors (Lipinski definition) is 4. The molecule has 0 saturated heterocycles. The monoisotopic (exact) mass is 228 g/mol. The van der Waals surface area contributed by atoms with Crippen LogP contribution in [-0.2, 0) is 6.42 Å². The zero-order valence-corrected chi connectivity index (χ0v) is 10.6. The van der Waals surface area contributed by atoms with Gasteiger partial charge in [0.25, 0.3) is 5.19 Å². The standard InChI is InChI=1S/C11H20N2OS/c1-4-9-7-15-10(13-9)14-8-11(12,5-2)6-3/h7H,4-6,8,12H2,1-3H3. The topological polar surface area (TPSA) is 48.1 Å². The minimum absolute atomic E-state index is 0.210. The Labute approximate surface area is 95.7 Å². The van der Waals surface area contributed by atoms with Gasteiger partial charge in [0, 0.05) is 10.9 Å². The number of nitrogens with two attached hydrogens (primary N) is 1. The van der Waals surface area contributed by atoms with Gasteiger partial charge in [0.2, 0.25) is 0 Å². The molecule has 86 valence electrons. The summed E-state index contributed by atoms with van der Waals surface area (Å²) in [7, 11) is 0. The summed E-state index contributed by atoms with van der Waals surface area (Å²) in [5.74, 6) is 0. The van der Waals surface area contributed by atoms with Gasteiger partial charge in [0.05, 0.1) is 5.69 Å². The highest BCUT2D eigenvalue weighted by Crippen LogP contribution is 2.20. The second kappa shape index (κ2) is 5.47. The molecule has 0 aliphatic heterocycles. The molecule has 15 heavy (non-hydrogen) atoms. The van der Waals surface area contributed by atoms with Gasteiger partial charge >= 0.3 is 0 Å². The fourth-order valence-electron chi connectivity index (χ4n) is 1.18. The summed E-state index contributed by atoms with van der Waals surface area (Å²) in [6.45, 7) is 6.82. The summed E-state index contributed by atoms with van der Waals surface area (Å²) in [4.78, 5) is 4.34. The summed E-state index contributed by atoms with van der Waals surface area (Å²) >= 11 is 1.55. The Hall–Kier alpha value is -0.610. The fourth-order valence-corrected chi connectivity index (χ4v) is 1.93. The summed E-state index contributed by atoms with van der Waals surface area (Å²) in [6.07, 6.45) is 2.81. The molecule has 0 aromatic carbocycles. The first kappa shape index (κ1) is 12.5. The van der Waals surface area contributed by atoms with Crippen molar-refractivity contribution in [2.45, 2.75) is 45.6 Å². The molecular formula is C11H20N2OS. The zero-order valence-electron chi connectivity index (χ0n) is 9.75. The van der Waals surface area contributed by atoms with Crippen molar-refractivity contribution < 1.29 is 4.74 Å². The van der Waals surface area contributed by atoms with Crippen LogP contribution < -0.4 is 10.5 Å². The minimum Gasteiger partial charge on any atom is -0.468 e. The van der Waals surface area contributed by atoms with Crippen LogP contribution in [0.2, 0.25) is 0 Å². The third-order valence-electron chi connectivity index (χ3n) is 2.78. The lowest BCUT2D eigenvalue weighted by Crippen LogP contribution is -2.44. The number of ether oxygens (including phenoxy) is 1. The maximum atomic E-state index is 6.14. The van der Waals surface area contributed by atoms with E-state index >= 15 is 0 Å². The maximum Gasteiger partial charge on any atom is 0.273 e. The smallest absolute Gasteiger partial charge is 0.273 e. The van der Waals surface area contributed by atoms with E-state index in [1.165, 1.54) is 0 Å². The molecule has 0 spiro atoms. The van der Waals surface area contributed by atoms with Gasteiger partial charge in [-0.15, -0.1) is 0 Å². The van der Waals surface area contributed by atoms with Crippen molar-refractivity contribution in [3.63, 3.8) is 0 Å². The summed E-state index contributed by atoms with van der Waals surface area (Å²) < 4.78 is 5.62. The van der Waals surface area contributed by atoms with Crippen LogP contribution in [0, 0.1) is 0 Å². The highest BCUT2D eigenvalue weighted by molar-refractivity contribution is 7.11. The van der Waals surface area contributed by atoms with Gasteiger partial charge < -0.3 is 10.5 Å². The first-order valence-electron chi connectivity index (χ1n) is 5.49. The van der Waals surface area contributed by atoms with Crippen LogP contribution in [0.4, 0.5) is 0 Å². The van der Waals surface area contributed by atoms with Gasteiger partial charge in [-0.2, -0.15) is 0 Å². The Morgan fingerprint density at radius 3 is 2.53 bits per heavy atom. The van der Waals surface area contributed by atoms with Crippen molar-refractivity contribution in [2.24, 2.45) is 5.73 Å². The van der Waals surface area contributed by atoms with E-state index < -0.39 is 0 Å². The van der Waals surface area contributed by atoms with E-state index in [2.05, 4.69) is 25.8 Å². The van der Waals surface area contributed by atoms with Gasteiger partial charge in [0.15, 0.2) is 0 Å². The molecule has 0 unspecified atom stereocenters. The van der Waals surface area contributed by atoms with Gasteiger partial charge in [-0.1, -0.05) is 32.1 Å². The molecule has 0 aliphatic carbocycles. The van der Waals surface area contributed by atoms with E-state index in [0.717, 1.165) is 30.2 Å². The van der Waals surface area contributed by atoms with Gasteiger partial charge in [-0.3, -0.25) is 0 Å². The molecule has 0 radical (unpaired) electrons. The summed E-state index contributed by atoms with van der Waals surface area (Å²) in [6, 6.07) is 0. The molecule has 0 saturated carbocycles. The van der Waals surface area contributed by atoms with Crippen LogP contribution in [0.3, 0.4) is 0 Å². The average molecular weight is 228 g/mol. The zero-order chi connectivity index (χ0) is 11.3. The van der Waals surface area contributed by atoms with Crippen LogP contribution in [0.1, 0.15) is 39.3 Å². The second-order valence-corrected chi connectivity index (χ2v) is 4.64. The third-order valence-corrected chi connectivity index (χ3v) is 3.58. The Morgan fingerprint density at radius 1 is 1.40 bits per heavy atom. The lowest BCUT2D eigenvalue weighted by Gasteiger charge is -2.25. The second-order valence-electron chi connectivity index (χ2n) is 3.82. The van der Waals surface area contributed by atoms with E-state index in [1.54, 1.807) is 11.3 Å². The molecule has 0 amide bonds. The molecule has 0 fully saturated rings. The van der Waals surface area contributed by atoms with E-state index in [1.807, 2.05) is 5.38 Å². The Morgan fingerprint density at radius 2 is 2.07 bits per heavy atom. The first-order chi connectivity index (χ1) is 7.13. The lowest BCUT2D eigenvalue weighted by atomic mass is 9.96. The molecule has 3 nitrogen and oxygen atoms in total. The predicted octanol–water partition coefficient (Wildman–Crippen LogP) is 2.60. The van der Waals surface area contributed by atoms with E-state index in [4.69, 9.17) is 10.5 Å². The molecule has 1 aromatic heterocycles.